The van der Waals surface area contributed by atoms with Gasteiger partial charge in [0.1, 0.15) is 5.60 Å². The molecule has 0 aromatic carbocycles. The zero-order valence-electron chi connectivity index (χ0n) is 12.4. The van der Waals surface area contributed by atoms with Gasteiger partial charge >= 0.3 is 12.1 Å². The van der Waals surface area contributed by atoms with E-state index < -0.39 is 17.0 Å². The van der Waals surface area contributed by atoms with Crippen molar-refractivity contribution >= 4 is 12.1 Å². The fourth-order valence-corrected chi connectivity index (χ4v) is 3.31. The van der Waals surface area contributed by atoms with E-state index in [4.69, 9.17) is 10.5 Å². The first-order valence-electron chi connectivity index (χ1n) is 7.07. The second-order valence-electron chi connectivity index (χ2n) is 7.02. The molecule has 0 radical (unpaired) electrons. The zero-order chi connectivity index (χ0) is 15.2. The summed E-state index contributed by atoms with van der Waals surface area (Å²) in [5.41, 5.74) is 4.17. The molecular weight excluding hydrogens is 260 g/mol. The molecule has 2 aliphatic rings. The highest BCUT2D eigenvalue weighted by atomic mass is 16.6. The summed E-state index contributed by atoms with van der Waals surface area (Å²) in [4.78, 5) is 25.0. The van der Waals surface area contributed by atoms with E-state index in [0.717, 1.165) is 0 Å². The van der Waals surface area contributed by atoms with Gasteiger partial charge in [-0.2, -0.15) is 0 Å². The molecule has 2 fully saturated rings. The first-order chi connectivity index (χ1) is 9.16. The number of amides is 1. The van der Waals surface area contributed by atoms with Gasteiger partial charge in [-0.05, 0) is 45.4 Å². The second-order valence-corrected chi connectivity index (χ2v) is 7.02. The minimum absolute atomic E-state index is 0.175. The number of ether oxygens (including phenoxy) is 1. The van der Waals surface area contributed by atoms with Crippen LogP contribution in [0.1, 0.15) is 40.0 Å². The van der Waals surface area contributed by atoms with E-state index in [1.54, 1.807) is 4.90 Å². The highest BCUT2D eigenvalue weighted by Gasteiger charge is 2.71. The maximum atomic E-state index is 12.0. The summed E-state index contributed by atoms with van der Waals surface area (Å²) < 4.78 is 5.34. The fourth-order valence-electron chi connectivity index (χ4n) is 3.31. The maximum absolute atomic E-state index is 12.0. The molecule has 114 valence electrons. The number of carboxylic acid groups (broad SMARTS) is 1. The highest BCUT2D eigenvalue weighted by Crippen LogP contribution is 2.68. The van der Waals surface area contributed by atoms with E-state index in [1.165, 1.54) is 0 Å². The van der Waals surface area contributed by atoms with Crippen molar-refractivity contribution in [2.75, 3.05) is 19.6 Å². The molecule has 6 nitrogen and oxygen atoms in total. The Morgan fingerprint density at radius 1 is 1.30 bits per heavy atom. The van der Waals surface area contributed by atoms with Gasteiger partial charge in [-0.15, -0.1) is 0 Å². The number of hydrogen-bond donors (Lipinski definition) is 2. The van der Waals surface area contributed by atoms with Crippen LogP contribution in [0.25, 0.3) is 0 Å². The monoisotopic (exact) mass is 284 g/mol. The van der Waals surface area contributed by atoms with E-state index in [-0.39, 0.29) is 18.1 Å². The van der Waals surface area contributed by atoms with Crippen molar-refractivity contribution in [1.29, 1.82) is 0 Å². The van der Waals surface area contributed by atoms with Gasteiger partial charge in [-0.25, -0.2) is 4.79 Å². The number of carbonyl (C=O) groups is 2. The highest BCUT2D eigenvalue weighted by molar-refractivity contribution is 5.80. The van der Waals surface area contributed by atoms with Gasteiger partial charge in [0.05, 0.1) is 5.41 Å². The van der Waals surface area contributed by atoms with Gasteiger partial charge in [-0.3, -0.25) is 4.79 Å². The molecular formula is C14H24N2O4. The predicted octanol–water partition coefficient (Wildman–Crippen LogP) is 1.44. The summed E-state index contributed by atoms with van der Waals surface area (Å²) in [7, 11) is 0. The number of aliphatic carboxylic acids is 1. The standard InChI is InChI=1S/C14H24N2O4/c1-12(2,3)20-11(19)16-6-4-13(5-7-16)8-14(13,9-15)10(17)18/h4-9,15H2,1-3H3,(H,17,18)/t14-/m1/s1. The second kappa shape index (κ2) is 4.62. The lowest BCUT2D eigenvalue weighted by molar-refractivity contribution is -0.145. The normalized spacial score (nSPS) is 28.3. The van der Waals surface area contributed by atoms with Crippen molar-refractivity contribution in [2.45, 2.75) is 45.6 Å². The third-order valence-electron chi connectivity index (χ3n) is 4.66. The third-order valence-corrected chi connectivity index (χ3v) is 4.66. The number of hydrogen-bond acceptors (Lipinski definition) is 4. The van der Waals surface area contributed by atoms with Gasteiger partial charge in [0.2, 0.25) is 0 Å². The molecule has 6 heteroatoms. The summed E-state index contributed by atoms with van der Waals surface area (Å²) in [6, 6.07) is 0. The van der Waals surface area contributed by atoms with Crippen molar-refractivity contribution in [3.8, 4) is 0 Å². The smallest absolute Gasteiger partial charge is 0.410 e. The van der Waals surface area contributed by atoms with Gasteiger partial charge in [0.25, 0.3) is 0 Å². The van der Waals surface area contributed by atoms with Crippen LogP contribution < -0.4 is 5.73 Å². The Labute approximate surface area is 119 Å². The number of carbonyl (C=O) groups excluding carboxylic acids is 1. The van der Waals surface area contributed by atoms with Crippen molar-refractivity contribution < 1.29 is 19.4 Å². The summed E-state index contributed by atoms with van der Waals surface area (Å²) in [5, 5.41) is 9.36. The summed E-state index contributed by atoms with van der Waals surface area (Å²) >= 11 is 0. The first kappa shape index (κ1) is 15.1. The number of nitrogens with zero attached hydrogens (tertiary/aromatic N) is 1. The number of carboxylic acids is 1. The van der Waals surface area contributed by atoms with E-state index >= 15 is 0 Å². The van der Waals surface area contributed by atoms with Gasteiger partial charge in [0.15, 0.2) is 0 Å². The zero-order valence-corrected chi connectivity index (χ0v) is 12.4. The Kier molecular flexibility index (Phi) is 3.48. The van der Waals surface area contributed by atoms with Crippen LogP contribution in [0.2, 0.25) is 0 Å². The lowest BCUT2D eigenvalue weighted by Crippen LogP contribution is -2.44. The van der Waals surface area contributed by atoms with Crippen LogP contribution in [0.5, 0.6) is 0 Å². The summed E-state index contributed by atoms with van der Waals surface area (Å²) in [6.45, 7) is 6.77. The molecule has 0 aromatic heterocycles. The number of rotatable bonds is 2. The molecule has 1 spiro atoms. The van der Waals surface area contributed by atoms with Crippen LogP contribution in [-0.2, 0) is 9.53 Å². The fraction of sp³-hybridized carbons (Fsp3) is 0.857. The predicted molar refractivity (Wildman–Crippen MR) is 73.2 cm³/mol. The van der Waals surface area contributed by atoms with Crippen LogP contribution in [0, 0.1) is 10.8 Å². The number of likely N-dealkylation sites (tertiary alicyclic amines) is 1. The van der Waals surface area contributed by atoms with Gasteiger partial charge in [0, 0.05) is 19.6 Å². The van der Waals surface area contributed by atoms with E-state index in [0.29, 0.717) is 32.4 Å². The molecule has 0 unspecified atom stereocenters. The van der Waals surface area contributed by atoms with Crippen LogP contribution >= 0.6 is 0 Å². The molecule has 1 heterocycles. The van der Waals surface area contributed by atoms with E-state index in [1.807, 2.05) is 20.8 Å². The molecule has 1 atom stereocenters. The van der Waals surface area contributed by atoms with Crippen molar-refractivity contribution in [1.82, 2.24) is 4.90 Å². The number of nitrogens with two attached hydrogens (primary N) is 1. The van der Waals surface area contributed by atoms with Crippen molar-refractivity contribution in [3.05, 3.63) is 0 Å². The molecule has 1 aliphatic carbocycles. The molecule has 1 saturated carbocycles. The Morgan fingerprint density at radius 2 is 1.85 bits per heavy atom. The first-order valence-corrected chi connectivity index (χ1v) is 7.07. The van der Waals surface area contributed by atoms with Crippen LogP contribution in [0.3, 0.4) is 0 Å². The van der Waals surface area contributed by atoms with Crippen LogP contribution in [0.15, 0.2) is 0 Å². The van der Waals surface area contributed by atoms with Gasteiger partial charge < -0.3 is 20.5 Å². The summed E-state index contributed by atoms with van der Waals surface area (Å²) in [5.74, 6) is -0.800. The Hall–Kier alpha value is -1.30. The molecule has 1 saturated heterocycles. The van der Waals surface area contributed by atoms with Crippen LogP contribution in [-0.4, -0.2) is 47.3 Å². The number of piperidine rings is 1. The Balaban J connectivity index is 1.94. The summed E-state index contributed by atoms with van der Waals surface area (Å²) in [6.07, 6.45) is 1.70. The minimum atomic E-state index is -0.800. The van der Waals surface area contributed by atoms with Crippen molar-refractivity contribution in [2.24, 2.45) is 16.6 Å². The average molecular weight is 284 g/mol. The molecule has 1 aliphatic heterocycles. The van der Waals surface area contributed by atoms with Crippen molar-refractivity contribution in [3.63, 3.8) is 0 Å². The SMILES string of the molecule is CC(C)(C)OC(=O)N1CCC2(CC1)C[C@@]2(CN)C(=O)O. The molecule has 2 rings (SSSR count). The maximum Gasteiger partial charge on any atom is 0.410 e. The molecule has 0 aromatic rings. The molecule has 1 amide bonds. The van der Waals surface area contributed by atoms with Gasteiger partial charge in [-0.1, -0.05) is 0 Å². The lowest BCUT2D eigenvalue weighted by atomic mass is 9.84. The Bertz CT molecular complexity index is 421. The lowest BCUT2D eigenvalue weighted by Gasteiger charge is -2.35. The molecule has 0 bridgehead atoms. The van der Waals surface area contributed by atoms with E-state index in [9.17, 15) is 14.7 Å². The quantitative estimate of drug-likeness (QED) is 0.800. The Morgan fingerprint density at radius 3 is 2.20 bits per heavy atom. The average Bonchev–Trinajstić information content (AvgIpc) is 2.97. The molecule has 3 N–H and O–H groups in total. The largest absolute Gasteiger partial charge is 0.481 e. The van der Waals surface area contributed by atoms with Crippen LogP contribution in [0.4, 0.5) is 4.79 Å². The third kappa shape index (κ3) is 2.37. The van der Waals surface area contributed by atoms with E-state index in [2.05, 4.69) is 0 Å². The topological polar surface area (TPSA) is 92.9 Å². The molecule has 20 heavy (non-hydrogen) atoms. The minimum Gasteiger partial charge on any atom is -0.481 e.